The lowest BCUT2D eigenvalue weighted by molar-refractivity contribution is 0.388. The van der Waals surface area contributed by atoms with Gasteiger partial charge < -0.3 is 10.2 Å². The van der Waals surface area contributed by atoms with E-state index in [1.165, 1.54) is 35.8 Å². The Bertz CT molecular complexity index is 547. The molecule has 1 saturated heterocycles. The summed E-state index contributed by atoms with van der Waals surface area (Å²) in [6.45, 7) is 4.53. The van der Waals surface area contributed by atoms with E-state index in [2.05, 4.69) is 46.5 Å². The summed E-state index contributed by atoms with van der Waals surface area (Å²) in [6.07, 6.45) is 5.13. The zero-order valence-electron chi connectivity index (χ0n) is 11.5. The van der Waals surface area contributed by atoms with E-state index in [0.717, 1.165) is 19.0 Å². The molecule has 1 aliphatic heterocycles. The Morgan fingerprint density at radius 1 is 1.37 bits per heavy atom. The third kappa shape index (κ3) is 2.94. The van der Waals surface area contributed by atoms with E-state index in [9.17, 15) is 0 Å². The van der Waals surface area contributed by atoms with Crippen LogP contribution in [0.4, 0.5) is 0 Å². The predicted molar refractivity (Wildman–Crippen MR) is 79.1 cm³/mol. The summed E-state index contributed by atoms with van der Waals surface area (Å²) < 4.78 is 0. The lowest BCUT2D eigenvalue weighted by atomic mass is 10.1. The van der Waals surface area contributed by atoms with Crippen molar-refractivity contribution in [1.29, 1.82) is 0 Å². The first-order valence-corrected chi connectivity index (χ1v) is 7.04. The number of hydrogen-bond donors (Lipinski definition) is 1. The molecule has 3 heteroatoms. The normalized spacial score (nSPS) is 20.2. The fraction of sp³-hybridized carbons (Fsp3) is 0.438. The van der Waals surface area contributed by atoms with Crippen LogP contribution in [-0.2, 0) is 6.54 Å². The van der Waals surface area contributed by atoms with Crippen molar-refractivity contribution >= 4 is 10.8 Å². The van der Waals surface area contributed by atoms with Crippen LogP contribution in [0.2, 0.25) is 0 Å². The first kappa shape index (κ1) is 12.6. The topological polar surface area (TPSA) is 28.2 Å². The Balaban J connectivity index is 1.62. The van der Waals surface area contributed by atoms with Crippen molar-refractivity contribution < 1.29 is 0 Å². The highest BCUT2D eigenvalue weighted by Crippen LogP contribution is 2.18. The number of likely N-dealkylation sites (tertiary alicyclic amines) is 1. The molecular weight excluding hydrogens is 234 g/mol. The molecule has 1 aromatic carbocycles. The van der Waals surface area contributed by atoms with Crippen LogP contribution in [0, 0.1) is 5.92 Å². The highest BCUT2D eigenvalue weighted by Gasteiger charge is 2.18. The quantitative estimate of drug-likeness (QED) is 0.908. The van der Waals surface area contributed by atoms with Crippen LogP contribution in [0.5, 0.6) is 0 Å². The van der Waals surface area contributed by atoms with Gasteiger partial charge in [-0.15, -0.1) is 0 Å². The second kappa shape index (κ2) is 5.68. The van der Waals surface area contributed by atoms with Gasteiger partial charge in [0.1, 0.15) is 0 Å². The minimum atomic E-state index is 0.807. The summed E-state index contributed by atoms with van der Waals surface area (Å²) >= 11 is 0. The Kier molecular flexibility index (Phi) is 3.76. The number of nitrogens with zero attached hydrogens (tertiary/aromatic N) is 2. The molecule has 1 atom stereocenters. The highest BCUT2D eigenvalue weighted by atomic mass is 15.1. The molecule has 3 rings (SSSR count). The molecule has 2 aromatic rings. The molecule has 1 aromatic heterocycles. The summed E-state index contributed by atoms with van der Waals surface area (Å²) in [5, 5.41) is 6.15. The fourth-order valence-electron chi connectivity index (χ4n) is 2.95. The smallest absolute Gasteiger partial charge is 0.0346 e. The first-order chi connectivity index (χ1) is 9.33. The standard InChI is InChI=1S/C16H21N3/c1-19-8-6-13(12-19)9-18-11-15-4-2-3-14-10-17-7-5-16(14)15/h2-5,7,10,13,18H,6,8-9,11-12H2,1H3. The zero-order chi connectivity index (χ0) is 13.1. The van der Waals surface area contributed by atoms with Gasteiger partial charge in [-0.05, 0) is 49.5 Å². The van der Waals surface area contributed by atoms with Crippen LogP contribution in [0.25, 0.3) is 10.8 Å². The number of rotatable bonds is 4. The number of fused-ring (bicyclic) bond motifs is 1. The minimum absolute atomic E-state index is 0.807. The summed E-state index contributed by atoms with van der Waals surface area (Å²) in [5.74, 6) is 0.807. The molecule has 1 N–H and O–H groups in total. The average Bonchev–Trinajstić information content (AvgIpc) is 2.85. The van der Waals surface area contributed by atoms with Gasteiger partial charge in [-0.1, -0.05) is 18.2 Å². The molecule has 0 saturated carbocycles. The number of nitrogens with one attached hydrogen (secondary N) is 1. The number of aromatic nitrogens is 1. The summed E-state index contributed by atoms with van der Waals surface area (Å²) in [7, 11) is 2.21. The van der Waals surface area contributed by atoms with E-state index in [4.69, 9.17) is 0 Å². The van der Waals surface area contributed by atoms with E-state index in [1.807, 2.05) is 12.4 Å². The second-order valence-electron chi connectivity index (χ2n) is 5.56. The molecule has 0 bridgehead atoms. The third-order valence-electron chi connectivity index (χ3n) is 4.01. The molecule has 19 heavy (non-hydrogen) atoms. The Morgan fingerprint density at radius 3 is 3.16 bits per heavy atom. The van der Waals surface area contributed by atoms with E-state index in [-0.39, 0.29) is 0 Å². The van der Waals surface area contributed by atoms with E-state index < -0.39 is 0 Å². The maximum absolute atomic E-state index is 4.18. The third-order valence-corrected chi connectivity index (χ3v) is 4.01. The van der Waals surface area contributed by atoms with Crippen LogP contribution in [-0.4, -0.2) is 36.6 Å². The van der Waals surface area contributed by atoms with E-state index in [1.54, 1.807) is 0 Å². The van der Waals surface area contributed by atoms with Gasteiger partial charge in [0, 0.05) is 30.9 Å². The van der Waals surface area contributed by atoms with Gasteiger partial charge in [0.15, 0.2) is 0 Å². The van der Waals surface area contributed by atoms with Crippen molar-refractivity contribution in [2.75, 3.05) is 26.7 Å². The fourth-order valence-corrected chi connectivity index (χ4v) is 2.95. The predicted octanol–water partition coefficient (Wildman–Crippen LogP) is 2.28. The SMILES string of the molecule is CN1CCC(CNCc2cccc3cnccc23)C1. The number of hydrogen-bond acceptors (Lipinski definition) is 3. The zero-order valence-corrected chi connectivity index (χ0v) is 11.5. The van der Waals surface area contributed by atoms with Gasteiger partial charge in [0.2, 0.25) is 0 Å². The van der Waals surface area contributed by atoms with E-state index in [0.29, 0.717) is 0 Å². The molecule has 1 fully saturated rings. The highest BCUT2D eigenvalue weighted by molar-refractivity contribution is 5.84. The molecule has 2 heterocycles. The molecular formula is C16H21N3. The van der Waals surface area contributed by atoms with Gasteiger partial charge in [0.05, 0.1) is 0 Å². The van der Waals surface area contributed by atoms with Crippen LogP contribution in [0.1, 0.15) is 12.0 Å². The molecule has 3 nitrogen and oxygen atoms in total. The number of benzene rings is 1. The Hall–Kier alpha value is -1.45. The molecule has 0 aliphatic carbocycles. The van der Waals surface area contributed by atoms with Crippen molar-refractivity contribution in [1.82, 2.24) is 15.2 Å². The molecule has 1 unspecified atom stereocenters. The van der Waals surface area contributed by atoms with Gasteiger partial charge in [-0.3, -0.25) is 4.98 Å². The van der Waals surface area contributed by atoms with Crippen LogP contribution in [0.3, 0.4) is 0 Å². The van der Waals surface area contributed by atoms with Gasteiger partial charge in [-0.25, -0.2) is 0 Å². The minimum Gasteiger partial charge on any atom is -0.312 e. The van der Waals surface area contributed by atoms with Crippen LogP contribution < -0.4 is 5.32 Å². The van der Waals surface area contributed by atoms with Gasteiger partial charge >= 0.3 is 0 Å². The molecule has 0 amide bonds. The van der Waals surface area contributed by atoms with Crippen molar-refractivity contribution in [2.24, 2.45) is 5.92 Å². The summed E-state index contributed by atoms with van der Waals surface area (Å²) in [6, 6.07) is 8.55. The average molecular weight is 255 g/mol. The largest absolute Gasteiger partial charge is 0.312 e. The maximum atomic E-state index is 4.18. The number of pyridine rings is 1. The molecule has 1 aliphatic rings. The van der Waals surface area contributed by atoms with Crippen molar-refractivity contribution in [3.05, 3.63) is 42.2 Å². The summed E-state index contributed by atoms with van der Waals surface area (Å²) in [4.78, 5) is 6.59. The van der Waals surface area contributed by atoms with E-state index >= 15 is 0 Å². The molecule has 0 radical (unpaired) electrons. The first-order valence-electron chi connectivity index (χ1n) is 7.04. The maximum Gasteiger partial charge on any atom is 0.0346 e. The monoisotopic (exact) mass is 255 g/mol. The lowest BCUT2D eigenvalue weighted by Gasteiger charge is -2.12. The van der Waals surface area contributed by atoms with Crippen molar-refractivity contribution in [3.8, 4) is 0 Å². The molecule has 100 valence electrons. The molecule has 0 spiro atoms. The Labute approximate surface area is 114 Å². The van der Waals surface area contributed by atoms with Gasteiger partial charge in [0.25, 0.3) is 0 Å². The van der Waals surface area contributed by atoms with Crippen LogP contribution in [0.15, 0.2) is 36.7 Å². The van der Waals surface area contributed by atoms with Gasteiger partial charge in [-0.2, -0.15) is 0 Å². The second-order valence-corrected chi connectivity index (χ2v) is 5.56. The van der Waals surface area contributed by atoms with Crippen LogP contribution >= 0.6 is 0 Å². The van der Waals surface area contributed by atoms with Crippen molar-refractivity contribution in [2.45, 2.75) is 13.0 Å². The lowest BCUT2D eigenvalue weighted by Crippen LogP contribution is -2.24. The Morgan fingerprint density at radius 2 is 2.32 bits per heavy atom. The summed E-state index contributed by atoms with van der Waals surface area (Å²) in [5.41, 5.74) is 1.37. The van der Waals surface area contributed by atoms with Crippen molar-refractivity contribution in [3.63, 3.8) is 0 Å².